The number of ether oxygens (including phenoxy) is 1. The number of aromatic amines is 1. The first-order valence-corrected chi connectivity index (χ1v) is 10.3. The van der Waals surface area contributed by atoms with E-state index in [2.05, 4.69) is 0 Å². The van der Waals surface area contributed by atoms with Crippen LogP contribution < -0.4 is 11.2 Å². The Morgan fingerprint density at radius 2 is 1.40 bits per heavy atom. The summed E-state index contributed by atoms with van der Waals surface area (Å²) in [5.41, 5.74) is -9.25. The molecule has 0 spiro atoms. The topological polar surface area (TPSA) is 199 Å². The number of aromatic nitrogens is 2. The molecule has 1 aliphatic rings. The van der Waals surface area contributed by atoms with Crippen molar-refractivity contribution in [1.82, 2.24) is 9.55 Å². The molecule has 1 fully saturated rings. The number of benzene rings is 2. The normalized spacial score (nSPS) is 25.9. The van der Waals surface area contributed by atoms with Gasteiger partial charge in [0.25, 0.3) is 5.56 Å². The number of carboxylic acid groups (broad SMARTS) is 2. The molecule has 12 heteroatoms. The van der Waals surface area contributed by atoms with Gasteiger partial charge in [0, 0.05) is 23.4 Å². The maximum absolute atomic E-state index is 12.6. The molecule has 4 rings (SSSR count). The monoisotopic (exact) mass is 484 g/mol. The number of aliphatic hydroxyl groups is 3. The van der Waals surface area contributed by atoms with Crippen molar-refractivity contribution in [3.8, 4) is 0 Å². The van der Waals surface area contributed by atoms with E-state index < -0.39 is 75.6 Å². The van der Waals surface area contributed by atoms with Crippen molar-refractivity contribution in [1.29, 1.82) is 0 Å². The highest BCUT2D eigenvalue weighted by molar-refractivity contribution is 5.91. The summed E-state index contributed by atoms with van der Waals surface area (Å²) in [4.78, 5) is 50.3. The molecule has 35 heavy (non-hydrogen) atoms. The number of aliphatic hydroxyl groups excluding tert-OH is 1. The minimum atomic E-state index is -2.86. The first-order chi connectivity index (χ1) is 16.6. The number of carboxylic acids is 2. The molecule has 3 aromatic rings. The minimum Gasteiger partial charge on any atom is -0.478 e. The smallest absolute Gasteiger partial charge is 0.336 e. The SMILES string of the molecule is O=C(O)c1ccccc1[C@@]1(O)[C@@H](CO)O[C@@H](n2ccc(=O)[nH]c2=O)[C@@]1(O)c1ccccc1C(=O)O. The second-order valence-corrected chi connectivity index (χ2v) is 7.91. The van der Waals surface area contributed by atoms with Crippen LogP contribution in [0, 0.1) is 0 Å². The van der Waals surface area contributed by atoms with Gasteiger partial charge in [0.1, 0.15) is 6.10 Å². The van der Waals surface area contributed by atoms with Gasteiger partial charge in [-0.2, -0.15) is 0 Å². The fraction of sp³-hybridized carbons (Fsp3) is 0.217. The van der Waals surface area contributed by atoms with Gasteiger partial charge in [-0.3, -0.25) is 14.3 Å². The zero-order chi connectivity index (χ0) is 25.5. The number of H-pyrrole nitrogens is 1. The summed E-state index contributed by atoms with van der Waals surface area (Å²) >= 11 is 0. The van der Waals surface area contributed by atoms with E-state index in [1.807, 2.05) is 4.98 Å². The molecule has 6 N–H and O–H groups in total. The lowest BCUT2D eigenvalue weighted by Gasteiger charge is -2.42. The van der Waals surface area contributed by atoms with Crippen LogP contribution in [0.2, 0.25) is 0 Å². The molecule has 4 atom stereocenters. The first kappa shape index (κ1) is 24.0. The molecule has 0 amide bonds. The Balaban J connectivity index is 2.15. The second-order valence-electron chi connectivity index (χ2n) is 7.91. The van der Waals surface area contributed by atoms with Gasteiger partial charge in [-0.05, 0) is 12.1 Å². The van der Waals surface area contributed by atoms with Crippen LogP contribution in [0.25, 0.3) is 0 Å². The van der Waals surface area contributed by atoms with Crippen LogP contribution in [0.15, 0.2) is 70.4 Å². The molecule has 12 nitrogen and oxygen atoms in total. The van der Waals surface area contributed by atoms with Gasteiger partial charge in [-0.1, -0.05) is 36.4 Å². The second kappa shape index (κ2) is 8.60. The van der Waals surface area contributed by atoms with Crippen molar-refractivity contribution >= 4 is 11.9 Å². The molecule has 0 aliphatic carbocycles. The predicted molar refractivity (Wildman–Crippen MR) is 117 cm³/mol. The van der Waals surface area contributed by atoms with Crippen LogP contribution in [0.5, 0.6) is 0 Å². The van der Waals surface area contributed by atoms with Crippen molar-refractivity contribution in [3.05, 3.63) is 104 Å². The first-order valence-electron chi connectivity index (χ1n) is 10.3. The summed E-state index contributed by atoms with van der Waals surface area (Å²) in [7, 11) is 0. The molecule has 1 aliphatic heterocycles. The lowest BCUT2D eigenvalue weighted by molar-refractivity contribution is -0.170. The fourth-order valence-corrected chi connectivity index (χ4v) is 4.56. The summed E-state index contributed by atoms with van der Waals surface area (Å²) in [6.07, 6.45) is -2.68. The van der Waals surface area contributed by atoms with Crippen LogP contribution in [-0.4, -0.2) is 59.7 Å². The Bertz CT molecular complexity index is 1430. The number of nitrogens with one attached hydrogen (secondary N) is 1. The average molecular weight is 484 g/mol. The van der Waals surface area contributed by atoms with Crippen molar-refractivity contribution in [2.45, 2.75) is 23.5 Å². The van der Waals surface area contributed by atoms with Gasteiger partial charge in [0.05, 0.1) is 17.7 Å². The summed E-state index contributed by atoms with van der Waals surface area (Å²) < 4.78 is 6.44. The van der Waals surface area contributed by atoms with Crippen molar-refractivity contribution in [3.63, 3.8) is 0 Å². The molecular formula is C23H20N2O10. The van der Waals surface area contributed by atoms with E-state index in [0.29, 0.717) is 4.57 Å². The van der Waals surface area contributed by atoms with Crippen LogP contribution in [0.1, 0.15) is 38.1 Å². The standard InChI is InChI=1S/C23H20N2O10/c26-11-16-22(33,14-7-3-1-5-12(14)18(28)29)23(34,15-8-4-2-6-13(15)19(30)31)20(35-16)25-10-9-17(27)24-21(25)32/h1-10,16,20,26,33-34H,11H2,(H,28,29)(H,30,31)(H,24,27,32)/t16-,20-,22-,23+/m1/s1. The van der Waals surface area contributed by atoms with E-state index >= 15 is 0 Å². The quantitative estimate of drug-likeness (QED) is 0.267. The molecule has 0 unspecified atom stereocenters. The Morgan fingerprint density at radius 1 is 0.886 bits per heavy atom. The summed E-state index contributed by atoms with van der Waals surface area (Å²) in [5, 5.41) is 54.1. The third-order valence-electron chi connectivity index (χ3n) is 6.10. The number of hydrogen-bond donors (Lipinski definition) is 6. The highest BCUT2D eigenvalue weighted by Crippen LogP contribution is 2.57. The van der Waals surface area contributed by atoms with Crippen LogP contribution >= 0.6 is 0 Å². The third-order valence-corrected chi connectivity index (χ3v) is 6.10. The molecule has 1 aromatic heterocycles. The predicted octanol–water partition coefficient (Wildman–Crippen LogP) is -0.402. The Morgan fingerprint density at radius 3 is 1.89 bits per heavy atom. The van der Waals surface area contributed by atoms with Gasteiger partial charge in [0.15, 0.2) is 17.4 Å². The summed E-state index contributed by atoms with van der Waals surface area (Å²) in [6, 6.07) is 11.0. The Labute approximate surface area is 195 Å². The number of carbonyl (C=O) groups is 2. The van der Waals surface area contributed by atoms with Gasteiger partial charge in [-0.15, -0.1) is 0 Å². The van der Waals surface area contributed by atoms with Crippen molar-refractivity contribution in [2.75, 3.05) is 6.61 Å². The number of hydrogen-bond acceptors (Lipinski definition) is 8. The van der Waals surface area contributed by atoms with E-state index in [9.17, 15) is 44.7 Å². The average Bonchev–Trinajstić information content (AvgIpc) is 3.07. The molecule has 2 heterocycles. The Hall–Kier alpha value is -4.10. The van der Waals surface area contributed by atoms with E-state index in [4.69, 9.17) is 4.74 Å². The lowest BCUT2D eigenvalue weighted by Crippen LogP contribution is -2.56. The molecular weight excluding hydrogens is 464 g/mol. The molecule has 0 saturated carbocycles. The van der Waals surface area contributed by atoms with Crippen LogP contribution in [0.3, 0.4) is 0 Å². The van der Waals surface area contributed by atoms with Crippen LogP contribution in [0.4, 0.5) is 0 Å². The molecule has 2 aromatic carbocycles. The van der Waals surface area contributed by atoms with Crippen LogP contribution in [-0.2, 0) is 15.9 Å². The number of aromatic carboxylic acids is 2. The number of rotatable bonds is 6. The van der Waals surface area contributed by atoms with E-state index in [0.717, 1.165) is 24.4 Å². The van der Waals surface area contributed by atoms with Crippen molar-refractivity contribution < 1.29 is 39.9 Å². The maximum atomic E-state index is 12.6. The lowest BCUT2D eigenvalue weighted by atomic mass is 9.69. The number of nitrogens with zero attached hydrogens (tertiary/aromatic N) is 1. The summed E-state index contributed by atoms with van der Waals surface area (Å²) in [6.45, 7) is -0.962. The molecule has 1 saturated heterocycles. The van der Waals surface area contributed by atoms with Gasteiger partial charge >= 0.3 is 17.6 Å². The third kappa shape index (κ3) is 3.47. The van der Waals surface area contributed by atoms with E-state index in [-0.39, 0.29) is 0 Å². The Kier molecular flexibility index (Phi) is 5.90. The zero-order valence-electron chi connectivity index (χ0n) is 17.9. The van der Waals surface area contributed by atoms with Crippen molar-refractivity contribution in [2.24, 2.45) is 0 Å². The maximum Gasteiger partial charge on any atom is 0.336 e. The van der Waals surface area contributed by atoms with Gasteiger partial charge in [-0.25, -0.2) is 14.4 Å². The summed E-state index contributed by atoms with van der Waals surface area (Å²) in [5.74, 6) is -2.98. The largest absolute Gasteiger partial charge is 0.478 e. The molecule has 0 bridgehead atoms. The molecule has 0 radical (unpaired) electrons. The fourth-order valence-electron chi connectivity index (χ4n) is 4.56. The highest BCUT2D eigenvalue weighted by Gasteiger charge is 2.69. The molecule has 182 valence electrons. The van der Waals surface area contributed by atoms with Gasteiger partial charge in [0.2, 0.25) is 0 Å². The minimum absolute atomic E-state index is 0.394. The zero-order valence-corrected chi connectivity index (χ0v) is 17.9. The van der Waals surface area contributed by atoms with E-state index in [1.165, 1.54) is 36.4 Å². The van der Waals surface area contributed by atoms with Gasteiger partial charge < -0.3 is 30.3 Å². The van der Waals surface area contributed by atoms with E-state index in [1.54, 1.807) is 0 Å². The highest BCUT2D eigenvalue weighted by atomic mass is 16.6.